The number of carbonyl (C=O) groups excluding carboxylic acids is 1. The second-order valence-corrected chi connectivity index (χ2v) is 8.20. The summed E-state index contributed by atoms with van der Waals surface area (Å²) in [6, 6.07) is 2.77. The molecule has 150 valence electrons. The van der Waals surface area contributed by atoms with Crippen LogP contribution in [0.3, 0.4) is 0 Å². The number of fused-ring (bicyclic) bond motifs is 1. The van der Waals surface area contributed by atoms with E-state index in [0.717, 1.165) is 4.31 Å². The molecule has 0 saturated heterocycles. The van der Waals surface area contributed by atoms with Crippen LogP contribution < -0.4 is 5.56 Å². The summed E-state index contributed by atoms with van der Waals surface area (Å²) < 4.78 is 42.2. The van der Waals surface area contributed by atoms with Gasteiger partial charge in [0.25, 0.3) is 15.6 Å². The van der Waals surface area contributed by atoms with Gasteiger partial charge in [-0.2, -0.15) is 0 Å². The van der Waals surface area contributed by atoms with Crippen molar-refractivity contribution in [2.45, 2.75) is 25.5 Å². The molecule has 0 aliphatic carbocycles. The summed E-state index contributed by atoms with van der Waals surface area (Å²) in [5.41, 5.74) is -0.477. The third kappa shape index (κ3) is 3.34. The van der Waals surface area contributed by atoms with E-state index < -0.39 is 21.6 Å². The highest BCUT2D eigenvalue weighted by Crippen LogP contribution is 2.22. The largest absolute Gasteiger partial charge is 0.462 e. The van der Waals surface area contributed by atoms with Crippen molar-refractivity contribution in [3.63, 3.8) is 0 Å². The predicted molar refractivity (Wildman–Crippen MR) is 97.6 cm³/mol. The number of rotatable bonds is 6. The van der Waals surface area contributed by atoms with Gasteiger partial charge in [-0.3, -0.25) is 9.36 Å². The molecule has 0 N–H and O–H groups in total. The lowest BCUT2D eigenvalue weighted by molar-refractivity contribution is 0.0526. The average Bonchev–Trinajstić information content (AvgIpc) is 3.22. The molecule has 0 aliphatic heterocycles. The molecule has 3 heterocycles. The Morgan fingerprint density at radius 2 is 2.00 bits per heavy atom. The first kappa shape index (κ1) is 19.8. The van der Waals surface area contributed by atoms with Crippen molar-refractivity contribution < 1.29 is 26.8 Å². The molecular formula is C17H19N3O7S. The highest BCUT2D eigenvalue weighted by Gasteiger charge is 2.25. The lowest BCUT2D eigenvalue weighted by Gasteiger charge is -2.08. The van der Waals surface area contributed by atoms with Crippen molar-refractivity contribution in [1.82, 2.24) is 13.9 Å². The molecular weight excluding hydrogens is 390 g/mol. The molecule has 0 aliphatic rings. The van der Waals surface area contributed by atoms with Crippen LogP contribution in [0.15, 0.2) is 37.2 Å². The van der Waals surface area contributed by atoms with Crippen molar-refractivity contribution in [2.24, 2.45) is 0 Å². The van der Waals surface area contributed by atoms with Gasteiger partial charge in [0.2, 0.25) is 10.8 Å². The van der Waals surface area contributed by atoms with Crippen molar-refractivity contribution in [2.75, 3.05) is 20.7 Å². The van der Waals surface area contributed by atoms with Crippen LogP contribution in [0, 0.1) is 6.92 Å². The van der Waals surface area contributed by atoms with Crippen LogP contribution >= 0.6 is 0 Å². The van der Waals surface area contributed by atoms with Crippen LogP contribution in [0.4, 0.5) is 0 Å². The van der Waals surface area contributed by atoms with Gasteiger partial charge in [0, 0.05) is 14.1 Å². The third-order valence-corrected chi connectivity index (χ3v) is 5.72. The van der Waals surface area contributed by atoms with Crippen LogP contribution in [-0.4, -0.2) is 48.9 Å². The first-order valence-corrected chi connectivity index (χ1v) is 9.77. The molecule has 0 radical (unpaired) electrons. The summed E-state index contributed by atoms with van der Waals surface area (Å²) in [6.45, 7) is 3.27. The molecule has 0 fully saturated rings. The van der Waals surface area contributed by atoms with Crippen LogP contribution in [0.25, 0.3) is 11.1 Å². The standard InChI is InChI=1S/C17H19N3O7S/c1-5-25-17(22)13-10(2)26-15-14(13)16(21)20(9-18-15)8-11-6-7-12(27-11)28(23,24)19(3)4/h6-7,9H,5,8H2,1-4H3. The Kier molecular flexibility index (Phi) is 5.13. The van der Waals surface area contributed by atoms with Crippen LogP contribution in [0.5, 0.6) is 0 Å². The molecule has 10 nitrogen and oxygen atoms in total. The predicted octanol–water partition coefficient (Wildman–Crippen LogP) is 1.37. The normalized spacial score (nSPS) is 12.0. The number of esters is 1. The maximum Gasteiger partial charge on any atom is 0.342 e. The molecule has 3 rings (SSSR count). The zero-order chi connectivity index (χ0) is 20.6. The molecule has 0 saturated carbocycles. The number of sulfonamides is 1. The Labute approximate surface area is 160 Å². The minimum absolute atomic E-state index is 0.00569. The lowest BCUT2D eigenvalue weighted by Crippen LogP contribution is -2.22. The Morgan fingerprint density at radius 1 is 1.29 bits per heavy atom. The fraction of sp³-hybridized carbons (Fsp3) is 0.353. The van der Waals surface area contributed by atoms with E-state index in [-0.39, 0.29) is 46.4 Å². The van der Waals surface area contributed by atoms with Gasteiger partial charge in [0.15, 0.2) is 0 Å². The van der Waals surface area contributed by atoms with Crippen molar-refractivity contribution in [3.05, 3.63) is 45.9 Å². The number of aryl methyl sites for hydroxylation is 1. The van der Waals surface area contributed by atoms with E-state index in [0.29, 0.717) is 0 Å². The zero-order valence-electron chi connectivity index (χ0n) is 15.8. The summed E-state index contributed by atoms with van der Waals surface area (Å²) >= 11 is 0. The quantitative estimate of drug-likeness (QED) is 0.559. The summed E-state index contributed by atoms with van der Waals surface area (Å²) in [4.78, 5) is 29.1. The number of nitrogens with zero attached hydrogens (tertiary/aromatic N) is 3. The maximum absolute atomic E-state index is 12.9. The number of aromatic nitrogens is 2. The summed E-state index contributed by atoms with van der Waals surface area (Å²) in [5.74, 6) is -0.206. The molecule has 0 spiro atoms. The minimum atomic E-state index is -3.73. The average molecular weight is 409 g/mol. The first-order valence-electron chi connectivity index (χ1n) is 8.33. The van der Waals surface area contributed by atoms with Crippen LogP contribution in [0.1, 0.15) is 28.8 Å². The number of carbonyl (C=O) groups is 1. The molecule has 0 amide bonds. The Morgan fingerprint density at radius 3 is 2.64 bits per heavy atom. The minimum Gasteiger partial charge on any atom is -0.462 e. The smallest absolute Gasteiger partial charge is 0.342 e. The number of hydrogen-bond donors (Lipinski definition) is 0. The molecule has 0 aromatic carbocycles. The van der Waals surface area contributed by atoms with Gasteiger partial charge in [0.05, 0.1) is 13.2 Å². The highest BCUT2D eigenvalue weighted by atomic mass is 32.2. The van der Waals surface area contributed by atoms with Crippen LogP contribution in [0.2, 0.25) is 0 Å². The summed E-state index contributed by atoms with van der Waals surface area (Å²) in [6.07, 6.45) is 1.24. The maximum atomic E-state index is 12.9. The van der Waals surface area contributed by atoms with E-state index in [4.69, 9.17) is 13.6 Å². The van der Waals surface area contributed by atoms with Gasteiger partial charge < -0.3 is 13.6 Å². The summed E-state index contributed by atoms with van der Waals surface area (Å²) in [7, 11) is -0.953. The van der Waals surface area contributed by atoms with E-state index in [9.17, 15) is 18.0 Å². The lowest BCUT2D eigenvalue weighted by atomic mass is 10.2. The van der Waals surface area contributed by atoms with E-state index in [1.807, 2.05) is 0 Å². The number of ether oxygens (including phenoxy) is 1. The molecule has 11 heteroatoms. The number of furan rings is 2. The van der Waals surface area contributed by atoms with E-state index in [1.54, 1.807) is 13.8 Å². The van der Waals surface area contributed by atoms with Crippen molar-refractivity contribution >= 4 is 27.1 Å². The SMILES string of the molecule is CCOC(=O)c1c(C)oc2ncn(Cc3ccc(S(=O)(=O)N(C)C)o3)c(=O)c12. The molecule has 28 heavy (non-hydrogen) atoms. The topological polar surface area (TPSA) is 125 Å². The Bertz CT molecular complexity index is 1200. The molecule has 0 atom stereocenters. The monoisotopic (exact) mass is 409 g/mol. The summed E-state index contributed by atoms with van der Waals surface area (Å²) in [5, 5.41) is -0.230. The van der Waals surface area contributed by atoms with Gasteiger partial charge in [0.1, 0.15) is 28.8 Å². The highest BCUT2D eigenvalue weighted by molar-refractivity contribution is 7.88. The fourth-order valence-corrected chi connectivity index (χ4v) is 3.44. The molecule has 0 bridgehead atoms. The Hall–Kier alpha value is -2.92. The Balaban J connectivity index is 2.03. The van der Waals surface area contributed by atoms with E-state index >= 15 is 0 Å². The second-order valence-electron chi connectivity index (χ2n) is 6.12. The molecule has 3 aromatic rings. The van der Waals surface area contributed by atoms with E-state index in [2.05, 4.69) is 4.98 Å². The van der Waals surface area contributed by atoms with Gasteiger partial charge in [-0.25, -0.2) is 22.5 Å². The second kappa shape index (κ2) is 7.24. The zero-order valence-corrected chi connectivity index (χ0v) is 16.6. The first-order chi connectivity index (χ1) is 13.2. The van der Waals surface area contributed by atoms with Crippen LogP contribution in [-0.2, 0) is 21.3 Å². The van der Waals surface area contributed by atoms with E-state index in [1.165, 1.54) is 37.1 Å². The van der Waals surface area contributed by atoms with Gasteiger partial charge >= 0.3 is 5.97 Å². The van der Waals surface area contributed by atoms with Gasteiger partial charge in [-0.05, 0) is 26.0 Å². The number of hydrogen-bond acceptors (Lipinski definition) is 8. The fourth-order valence-electron chi connectivity index (χ4n) is 2.63. The third-order valence-electron chi connectivity index (χ3n) is 4.03. The van der Waals surface area contributed by atoms with Gasteiger partial charge in [-0.1, -0.05) is 0 Å². The molecule has 0 unspecified atom stereocenters. The van der Waals surface area contributed by atoms with Crippen molar-refractivity contribution in [3.8, 4) is 0 Å². The van der Waals surface area contributed by atoms with Gasteiger partial charge in [-0.15, -0.1) is 0 Å². The van der Waals surface area contributed by atoms with Crippen molar-refractivity contribution in [1.29, 1.82) is 0 Å². The molecule has 3 aromatic heterocycles.